The van der Waals surface area contributed by atoms with Crippen LogP contribution in [0.25, 0.3) is 10.9 Å². The largest absolute Gasteiger partial charge is 0.361 e. The number of carbonyl (C=O) groups excluding carboxylic acids is 1. The van der Waals surface area contributed by atoms with Crippen molar-refractivity contribution in [1.29, 1.82) is 0 Å². The summed E-state index contributed by atoms with van der Waals surface area (Å²) in [5.41, 5.74) is 4.85. The van der Waals surface area contributed by atoms with Crippen LogP contribution in [0.2, 0.25) is 0 Å². The van der Waals surface area contributed by atoms with E-state index in [1.807, 2.05) is 6.20 Å². The first-order valence-electron chi connectivity index (χ1n) is 8.09. The van der Waals surface area contributed by atoms with Crippen LogP contribution in [0.5, 0.6) is 0 Å². The Balaban J connectivity index is 1.42. The van der Waals surface area contributed by atoms with Crippen molar-refractivity contribution in [2.45, 2.75) is 26.2 Å². The molecule has 0 unspecified atom stereocenters. The van der Waals surface area contributed by atoms with E-state index < -0.39 is 0 Å². The summed E-state index contributed by atoms with van der Waals surface area (Å²) in [5, 5.41) is 4.22. The van der Waals surface area contributed by atoms with Gasteiger partial charge in [0.1, 0.15) is 0 Å². The number of aryl methyl sites for hydroxylation is 2. The zero-order valence-corrected chi connectivity index (χ0v) is 13.4. The smallest absolute Gasteiger partial charge is 0.220 e. The van der Waals surface area contributed by atoms with Crippen molar-refractivity contribution in [1.82, 2.24) is 10.3 Å². The molecule has 2 N–H and O–H groups in total. The number of rotatable bonds is 6. The lowest BCUT2D eigenvalue weighted by Crippen LogP contribution is -2.25. The third kappa shape index (κ3) is 4.22. The summed E-state index contributed by atoms with van der Waals surface area (Å²) in [6.07, 6.45) is 4.14. The van der Waals surface area contributed by atoms with Gasteiger partial charge >= 0.3 is 0 Å². The Bertz CT molecular complexity index is 787. The van der Waals surface area contributed by atoms with Crippen molar-refractivity contribution in [2.24, 2.45) is 0 Å². The summed E-state index contributed by atoms with van der Waals surface area (Å²) in [5.74, 6) is 0.119. The molecule has 1 amide bonds. The molecule has 0 aliphatic rings. The molecule has 1 heterocycles. The topological polar surface area (TPSA) is 44.9 Å². The minimum Gasteiger partial charge on any atom is -0.361 e. The van der Waals surface area contributed by atoms with Crippen LogP contribution in [-0.4, -0.2) is 17.4 Å². The zero-order valence-electron chi connectivity index (χ0n) is 13.4. The van der Waals surface area contributed by atoms with Crippen LogP contribution < -0.4 is 5.32 Å². The van der Waals surface area contributed by atoms with E-state index in [9.17, 15) is 4.79 Å². The van der Waals surface area contributed by atoms with E-state index in [0.29, 0.717) is 13.0 Å². The van der Waals surface area contributed by atoms with Gasteiger partial charge in [0, 0.05) is 24.7 Å². The van der Waals surface area contributed by atoms with Gasteiger partial charge in [0.15, 0.2) is 0 Å². The van der Waals surface area contributed by atoms with E-state index in [0.717, 1.165) is 18.4 Å². The highest BCUT2D eigenvalue weighted by Gasteiger charge is 2.03. The number of nitrogens with one attached hydrogen (secondary N) is 2. The Morgan fingerprint density at radius 1 is 1.00 bits per heavy atom. The maximum Gasteiger partial charge on any atom is 0.220 e. The summed E-state index contributed by atoms with van der Waals surface area (Å²) in [6, 6.07) is 16.8. The highest BCUT2D eigenvalue weighted by molar-refractivity contribution is 5.80. The van der Waals surface area contributed by atoms with Crippen LogP contribution in [0.3, 0.4) is 0 Å². The van der Waals surface area contributed by atoms with E-state index in [-0.39, 0.29) is 5.91 Å². The summed E-state index contributed by atoms with van der Waals surface area (Å²) in [4.78, 5) is 15.1. The second-order valence-electron chi connectivity index (χ2n) is 5.98. The molecule has 3 heteroatoms. The Morgan fingerprint density at radius 3 is 2.61 bits per heavy atom. The summed E-state index contributed by atoms with van der Waals surface area (Å²) in [7, 11) is 0. The van der Waals surface area contributed by atoms with Gasteiger partial charge in [-0.3, -0.25) is 4.79 Å². The van der Waals surface area contributed by atoms with Gasteiger partial charge in [0.25, 0.3) is 0 Å². The maximum atomic E-state index is 11.9. The number of hydrogen-bond acceptors (Lipinski definition) is 1. The number of aromatic nitrogens is 1. The van der Waals surface area contributed by atoms with Gasteiger partial charge < -0.3 is 10.3 Å². The Morgan fingerprint density at radius 2 is 1.78 bits per heavy atom. The highest BCUT2D eigenvalue weighted by atomic mass is 16.1. The Labute approximate surface area is 136 Å². The van der Waals surface area contributed by atoms with Crippen LogP contribution in [0.1, 0.15) is 23.1 Å². The average Bonchev–Trinajstić information content (AvgIpc) is 3.02. The first kappa shape index (κ1) is 15.3. The molecule has 2 aromatic carbocycles. The first-order chi connectivity index (χ1) is 11.2. The average molecular weight is 306 g/mol. The van der Waals surface area contributed by atoms with Crippen LogP contribution in [-0.2, 0) is 17.6 Å². The summed E-state index contributed by atoms with van der Waals surface area (Å²) in [6.45, 7) is 2.75. The van der Waals surface area contributed by atoms with Gasteiger partial charge in [-0.15, -0.1) is 0 Å². The zero-order chi connectivity index (χ0) is 16.1. The van der Waals surface area contributed by atoms with E-state index in [4.69, 9.17) is 0 Å². The molecule has 3 nitrogen and oxygen atoms in total. The SMILES string of the molecule is Cc1ccc(CCC(=O)NCCc2ccc3[nH]ccc3c2)cc1. The Kier molecular flexibility index (Phi) is 4.77. The molecule has 23 heavy (non-hydrogen) atoms. The fourth-order valence-electron chi connectivity index (χ4n) is 2.71. The number of aromatic amines is 1. The molecule has 0 atom stereocenters. The van der Waals surface area contributed by atoms with Gasteiger partial charge in [-0.05, 0) is 54.5 Å². The van der Waals surface area contributed by atoms with E-state index in [1.165, 1.54) is 22.1 Å². The number of benzene rings is 2. The number of H-pyrrole nitrogens is 1. The second kappa shape index (κ2) is 7.14. The predicted molar refractivity (Wildman–Crippen MR) is 94.5 cm³/mol. The van der Waals surface area contributed by atoms with Crippen molar-refractivity contribution in [3.8, 4) is 0 Å². The molecule has 118 valence electrons. The third-order valence-corrected chi connectivity index (χ3v) is 4.11. The van der Waals surface area contributed by atoms with Crippen molar-refractivity contribution in [3.63, 3.8) is 0 Å². The number of hydrogen-bond donors (Lipinski definition) is 2. The van der Waals surface area contributed by atoms with Crippen molar-refractivity contribution >= 4 is 16.8 Å². The first-order valence-corrected chi connectivity index (χ1v) is 8.09. The molecule has 0 saturated heterocycles. The molecule has 0 aliphatic carbocycles. The van der Waals surface area contributed by atoms with Gasteiger partial charge in [0.05, 0.1) is 0 Å². The second-order valence-corrected chi connectivity index (χ2v) is 5.98. The van der Waals surface area contributed by atoms with E-state index >= 15 is 0 Å². The fourth-order valence-corrected chi connectivity index (χ4v) is 2.71. The lowest BCUT2D eigenvalue weighted by atomic mass is 10.1. The molecule has 0 fully saturated rings. The molecule has 3 rings (SSSR count). The van der Waals surface area contributed by atoms with Crippen molar-refractivity contribution in [3.05, 3.63) is 71.4 Å². The summed E-state index contributed by atoms with van der Waals surface area (Å²) < 4.78 is 0. The van der Waals surface area contributed by atoms with Crippen LogP contribution in [0.4, 0.5) is 0 Å². The van der Waals surface area contributed by atoms with Crippen LogP contribution in [0, 0.1) is 6.92 Å². The molecule has 0 aliphatic heterocycles. The monoisotopic (exact) mass is 306 g/mol. The molecule has 3 aromatic rings. The normalized spacial score (nSPS) is 10.8. The van der Waals surface area contributed by atoms with Gasteiger partial charge in [-0.25, -0.2) is 0 Å². The third-order valence-electron chi connectivity index (χ3n) is 4.11. The van der Waals surface area contributed by atoms with Crippen LogP contribution >= 0.6 is 0 Å². The summed E-state index contributed by atoms with van der Waals surface area (Å²) >= 11 is 0. The minimum atomic E-state index is 0.119. The molecule has 0 saturated carbocycles. The molecule has 0 radical (unpaired) electrons. The van der Waals surface area contributed by atoms with Gasteiger partial charge in [-0.2, -0.15) is 0 Å². The molecule has 1 aromatic heterocycles. The predicted octanol–water partition coefficient (Wildman–Crippen LogP) is 3.77. The highest BCUT2D eigenvalue weighted by Crippen LogP contribution is 2.14. The number of fused-ring (bicyclic) bond motifs is 1. The van der Waals surface area contributed by atoms with Crippen LogP contribution in [0.15, 0.2) is 54.7 Å². The fraction of sp³-hybridized carbons (Fsp3) is 0.250. The number of amides is 1. The van der Waals surface area contributed by atoms with Gasteiger partial charge in [-0.1, -0.05) is 35.9 Å². The van der Waals surface area contributed by atoms with E-state index in [1.54, 1.807) is 0 Å². The van der Waals surface area contributed by atoms with Gasteiger partial charge in [0.2, 0.25) is 5.91 Å². The van der Waals surface area contributed by atoms with Crippen molar-refractivity contribution < 1.29 is 4.79 Å². The minimum absolute atomic E-state index is 0.119. The molecular formula is C20H22N2O. The van der Waals surface area contributed by atoms with Crippen molar-refractivity contribution in [2.75, 3.05) is 6.54 Å². The lowest BCUT2D eigenvalue weighted by Gasteiger charge is -2.06. The van der Waals surface area contributed by atoms with E-state index in [2.05, 4.69) is 65.8 Å². The molecule has 0 spiro atoms. The quantitative estimate of drug-likeness (QED) is 0.715. The Hall–Kier alpha value is -2.55. The number of carbonyl (C=O) groups is 1. The standard InChI is InChI=1S/C20H22N2O/c1-15-2-4-16(5-3-15)7-9-20(23)22-12-10-17-6-8-19-18(14-17)11-13-21-19/h2-6,8,11,13-14,21H,7,9-10,12H2,1H3,(H,22,23). The lowest BCUT2D eigenvalue weighted by molar-refractivity contribution is -0.121. The molecule has 0 bridgehead atoms. The molecular weight excluding hydrogens is 284 g/mol. The maximum absolute atomic E-state index is 11.9.